The smallest absolute Gasteiger partial charge is 0.274 e. The molecule has 4 nitrogen and oxygen atoms in total. The van der Waals surface area contributed by atoms with Crippen molar-refractivity contribution in [2.45, 2.75) is 20.8 Å². The molecule has 2 aromatic carbocycles. The lowest BCUT2D eigenvalue weighted by molar-refractivity contribution is 0.102. The van der Waals surface area contributed by atoms with Crippen LogP contribution in [0.15, 0.2) is 66.9 Å². The molecular formula is C22H23N3O. The molecule has 0 aliphatic heterocycles. The monoisotopic (exact) mass is 345 g/mol. The molecule has 0 aliphatic carbocycles. The molecule has 0 saturated carbocycles. The molecule has 3 rings (SSSR count). The molecule has 0 bridgehead atoms. The van der Waals surface area contributed by atoms with E-state index in [0.29, 0.717) is 5.69 Å². The zero-order valence-corrected chi connectivity index (χ0v) is 15.4. The molecule has 132 valence electrons. The van der Waals surface area contributed by atoms with Crippen LogP contribution in [0.3, 0.4) is 0 Å². The Morgan fingerprint density at radius 3 is 2.31 bits per heavy atom. The minimum absolute atomic E-state index is 0.201. The van der Waals surface area contributed by atoms with Gasteiger partial charge in [-0.1, -0.05) is 36.4 Å². The van der Waals surface area contributed by atoms with Crippen LogP contribution in [0, 0.1) is 13.8 Å². The quantitative estimate of drug-likeness (QED) is 0.699. The zero-order chi connectivity index (χ0) is 18.5. The van der Waals surface area contributed by atoms with Crippen LogP contribution in [0.25, 0.3) is 0 Å². The number of hydrogen-bond acceptors (Lipinski definition) is 3. The van der Waals surface area contributed by atoms with E-state index in [2.05, 4.69) is 34.3 Å². The molecule has 0 radical (unpaired) electrons. The van der Waals surface area contributed by atoms with Crippen LogP contribution in [-0.4, -0.2) is 17.4 Å². The highest BCUT2D eigenvalue weighted by Crippen LogP contribution is 2.25. The van der Waals surface area contributed by atoms with Gasteiger partial charge in [-0.2, -0.15) is 0 Å². The third-order valence-corrected chi connectivity index (χ3v) is 4.39. The van der Waals surface area contributed by atoms with E-state index in [1.165, 1.54) is 0 Å². The standard InChI is InChI=1S/C22H23N3O/c1-4-25(18-11-6-5-7-12-18)19-13-14-23-20(15-19)22(26)24-21-16(2)9-8-10-17(21)3/h5-15H,4H2,1-3H3,(H,24,26). The highest BCUT2D eigenvalue weighted by atomic mass is 16.1. The second kappa shape index (κ2) is 7.83. The summed E-state index contributed by atoms with van der Waals surface area (Å²) in [4.78, 5) is 19.1. The van der Waals surface area contributed by atoms with Gasteiger partial charge in [-0.3, -0.25) is 9.78 Å². The van der Waals surface area contributed by atoms with Gasteiger partial charge in [-0.05, 0) is 56.2 Å². The average Bonchev–Trinajstić information content (AvgIpc) is 2.66. The number of para-hydroxylation sites is 2. The molecule has 3 aromatic rings. The molecule has 0 atom stereocenters. The number of aryl methyl sites for hydroxylation is 2. The van der Waals surface area contributed by atoms with E-state index in [0.717, 1.165) is 34.7 Å². The molecule has 26 heavy (non-hydrogen) atoms. The summed E-state index contributed by atoms with van der Waals surface area (Å²) in [5.74, 6) is -0.201. The Kier molecular flexibility index (Phi) is 5.32. The van der Waals surface area contributed by atoms with Crippen molar-refractivity contribution in [3.8, 4) is 0 Å². The first-order valence-corrected chi connectivity index (χ1v) is 8.76. The minimum Gasteiger partial charge on any atom is -0.342 e. The number of carbonyl (C=O) groups excluding carboxylic acids is 1. The molecule has 4 heteroatoms. The molecule has 0 unspecified atom stereocenters. The minimum atomic E-state index is -0.201. The second-order valence-corrected chi connectivity index (χ2v) is 6.20. The largest absolute Gasteiger partial charge is 0.342 e. The summed E-state index contributed by atoms with van der Waals surface area (Å²) in [6.45, 7) is 6.86. The maximum Gasteiger partial charge on any atom is 0.274 e. The predicted octanol–water partition coefficient (Wildman–Crippen LogP) is 5.11. The Balaban J connectivity index is 1.88. The Labute approximate surface area is 154 Å². The van der Waals surface area contributed by atoms with Gasteiger partial charge in [-0.25, -0.2) is 0 Å². The van der Waals surface area contributed by atoms with Crippen molar-refractivity contribution in [1.29, 1.82) is 0 Å². The van der Waals surface area contributed by atoms with Gasteiger partial charge >= 0.3 is 0 Å². The third-order valence-electron chi connectivity index (χ3n) is 4.39. The Morgan fingerprint density at radius 1 is 0.962 bits per heavy atom. The van der Waals surface area contributed by atoms with Gasteiger partial charge in [0.25, 0.3) is 5.91 Å². The average molecular weight is 345 g/mol. The summed E-state index contributed by atoms with van der Waals surface area (Å²) >= 11 is 0. The lowest BCUT2D eigenvalue weighted by Crippen LogP contribution is -2.19. The van der Waals surface area contributed by atoms with Gasteiger partial charge in [0.05, 0.1) is 0 Å². The summed E-state index contributed by atoms with van der Waals surface area (Å²) < 4.78 is 0. The van der Waals surface area contributed by atoms with Gasteiger partial charge in [0.2, 0.25) is 0 Å². The number of amides is 1. The summed E-state index contributed by atoms with van der Waals surface area (Å²) in [7, 11) is 0. The van der Waals surface area contributed by atoms with Gasteiger partial charge in [0.15, 0.2) is 0 Å². The lowest BCUT2D eigenvalue weighted by atomic mass is 10.1. The van der Waals surface area contributed by atoms with E-state index < -0.39 is 0 Å². The van der Waals surface area contributed by atoms with Crippen molar-refractivity contribution in [2.75, 3.05) is 16.8 Å². The van der Waals surface area contributed by atoms with E-state index in [-0.39, 0.29) is 5.91 Å². The summed E-state index contributed by atoms with van der Waals surface area (Å²) in [6, 6.07) is 19.8. The maximum atomic E-state index is 12.7. The van der Waals surface area contributed by atoms with E-state index in [9.17, 15) is 4.79 Å². The van der Waals surface area contributed by atoms with Crippen molar-refractivity contribution >= 4 is 23.0 Å². The molecule has 0 spiro atoms. The number of pyridine rings is 1. The zero-order valence-electron chi connectivity index (χ0n) is 15.4. The van der Waals surface area contributed by atoms with Crippen molar-refractivity contribution in [1.82, 2.24) is 4.98 Å². The highest BCUT2D eigenvalue weighted by molar-refractivity contribution is 6.04. The molecule has 1 heterocycles. The molecule has 0 aliphatic rings. The van der Waals surface area contributed by atoms with Crippen LogP contribution in [0.1, 0.15) is 28.5 Å². The number of nitrogens with one attached hydrogen (secondary N) is 1. The molecule has 0 saturated heterocycles. The van der Waals surface area contributed by atoms with Crippen LogP contribution >= 0.6 is 0 Å². The van der Waals surface area contributed by atoms with Crippen molar-refractivity contribution < 1.29 is 4.79 Å². The number of anilines is 3. The van der Waals surface area contributed by atoms with Crippen molar-refractivity contribution in [3.05, 3.63) is 83.7 Å². The first-order valence-electron chi connectivity index (χ1n) is 8.76. The fraction of sp³-hybridized carbons (Fsp3) is 0.182. The normalized spacial score (nSPS) is 10.4. The molecule has 1 aromatic heterocycles. The molecule has 0 fully saturated rings. The fourth-order valence-electron chi connectivity index (χ4n) is 3.02. The number of carbonyl (C=O) groups is 1. The molecule has 1 amide bonds. The Hall–Kier alpha value is -3.14. The van der Waals surface area contributed by atoms with E-state index in [4.69, 9.17) is 0 Å². The van der Waals surface area contributed by atoms with Crippen molar-refractivity contribution in [2.24, 2.45) is 0 Å². The predicted molar refractivity (Wildman–Crippen MR) is 107 cm³/mol. The molecular weight excluding hydrogens is 322 g/mol. The topological polar surface area (TPSA) is 45.2 Å². The van der Waals surface area contributed by atoms with Crippen molar-refractivity contribution in [3.63, 3.8) is 0 Å². The van der Waals surface area contributed by atoms with E-state index in [1.807, 2.05) is 62.4 Å². The van der Waals surface area contributed by atoms with Crippen LogP contribution in [0.4, 0.5) is 17.1 Å². The number of aromatic nitrogens is 1. The lowest BCUT2D eigenvalue weighted by Gasteiger charge is -2.23. The van der Waals surface area contributed by atoms with Gasteiger partial charge in [-0.15, -0.1) is 0 Å². The number of nitrogens with zero attached hydrogens (tertiary/aromatic N) is 2. The first kappa shape index (κ1) is 17.7. The number of hydrogen-bond donors (Lipinski definition) is 1. The van der Waals surface area contributed by atoms with E-state index in [1.54, 1.807) is 6.20 Å². The summed E-state index contributed by atoms with van der Waals surface area (Å²) in [5.41, 5.74) is 5.35. The third kappa shape index (κ3) is 3.75. The molecule has 1 N–H and O–H groups in total. The second-order valence-electron chi connectivity index (χ2n) is 6.20. The van der Waals surface area contributed by atoms with Crippen LogP contribution in [-0.2, 0) is 0 Å². The highest BCUT2D eigenvalue weighted by Gasteiger charge is 2.14. The maximum absolute atomic E-state index is 12.7. The Bertz CT molecular complexity index is 886. The van der Waals surface area contributed by atoms with Gasteiger partial charge in [0.1, 0.15) is 5.69 Å². The summed E-state index contributed by atoms with van der Waals surface area (Å²) in [6.07, 6.45) is 1.68. The number of benzene rings is 2. The van der Waals surface area contributed by atoms with Crippen LogP contribution in [0.2, 0.25) is 0 Å². The SMILES string of the molecule is CCN(c1ccccc1)c1ccnc(C(=O)Nc2c(C)cccc2C)c1. The Morgan fingerprint density at radius 2 is 1.65 bits per heavy atom. The van der Waals surface area contributed by atoms with Crippen LogP contribution < -0.4 is 10.2 Å². The van der Waals surface area contributed by atoms with Crippen LogP contribution in [0.5, 0.6) is 0 Å². The number of rotatable bonds is 5. The summed E-state index contributed by atoms with van der Waals surface area (Å²) in [5, 5.41) is 3.00. The fourth-order valence-corrected chi connectivity index (χ4v) is 3.02. The van der Waals surface area contributed by atoms with Gasteiger partial charge < -0.3 is 10.2 Å². The first-order chi connectivity index (χ1) is 12.6. The van der Waals surface area contributed by atoms with E-state index >= 15 is 0 Å². The van der Waals surface area contributed by atoms with Gasteiger partial charge in [0, 0.05) is 29.8 Å².